The molecular weight excluding hydrogens is 658 g/mol. The molecule has 0 bridgehead atoms. The number of nitrogens with zero attached hydrogens (tertiary/aromatic N) is 1. The van der Waals surface area contributed by atoms with E-state index in [2.05, 4.69) is 51.0 Å². The number of amides is 1. The molecule has 9 heteroatoms. The van der Waals surface area contributed by atoms with Crippen LogP contribution in [0.4, 0.5) is 0 Å². The number of hydrogen-bond donors (Lipinski definition) is 4. The zero-order valence-electron chi connectivity index (χ0n) is 26.1. The average Bonchev–Trinajstić information content (AvgIpc) is 3.50. The maximum atomic E-state index is 14.5. The maximum absolute atomic E-state index is 14.5. The molecule has 1 amide bonds. The molecule has 1 heterocycles. The predicted molar refractivity (Wildman–Crippen MR) is 186 cm³/mol. The number of hydrogen-bond acceptors (Lipinski definition) is 7. The van der Waals surface area contributed by atoms with Crippen molar-refractivity contribution in [2.24, 2.45) is 4.99 Å². The molecule has 0 aromatic heterocycles. The number of halogens is 1. The van der Waals surface area contributed by atoms with Crippen molar-refractivity contribution in [2.75, 3.05) is 13.2 Å². The molecule has 2 atom stereocenters. The Morgan fingerprint density at radius 3 is 2.21 bits per heavy atom. The van der Waals surface area contributed by atoms with Crippen LogP contribution in [0.15, 0.2) is 113 Å². The topological polar surface area (TPSA) is 112 Å². The van der Waals surface area contributed by atoms with Gasteiger partial charge in [0.2, 0.25) is 5.90 Å². The molecule has 244 valence electrons. The van der Waals surface area contributed by atoms with Crippen molar-refractivity contribution in [1.29, 1.82) is 0 Å². The first-order valence-electron chi connectivity index (χ1n) is 16.2. The Labute approximate surface area is 284 Å². The van der Waals surface area contributed by atoms with Gasteiger partial charge in [-0.3, -0.25) is 10.2 Å². The van der Waals surface area contributed by atoms with E-state index in [1.165, 1.54) is 0 Å². The number of aliphatic imine (C=N–C) groups is 1. The van der Waals surface area contributed by atoms with E-state index in [4.69, 9.17) is 19.6 Å². The zero-order valence-corrected chi connectivity index (χ0v) is 27.7. The lowest BCUT2D eigenvalue weighted by Gasteiger charge is -2.32. The van der Waals surface area contributed by atoms with Gasteiger partial charge in [-0.25, -0.2) is 10.4 Å². The lowest BCUT2D eigenvalue weighted by molar-refractivity contribution is -0.130. The SMILES string of the molecule is O=C(NNC1CCC(O)CC1)[C@@]1(Cc2ccc(Br)cc2)N=C(c2ccc(OCCCO)cc2)O[C@H]1c1ccc(-c2ccccc2)cc1. The Morgan fingerprint density at radius 1 is 0.872 bits per heavy atom. The number of hydrazine groups is 1. The summed E-state index contributed by atoms with van der Waals surface area (Å²) in [5.41, 5.74) is 9.60. The lowest BCUT2D eigenvalue weighted by atomic mass is 9.82. The van der Waals surface area contributed by atoms with Gasteiger partial charge in [0.15, 0.2) is 11.6 Å². The molecule has 1 saturated carbocycles. The Bertz CT molecular complexity index is 1640. The van der Waals surface area contributed by atoms with Crippen LogP contribution in [-0.2, 0) is 16.0 Å². The first kappa shape index (κ1) is 32.9. The summed E-state index contributed by atoms with van der Waals surface area (Å²) in [6, 6.07) is 33.7. The molecule has 4 N–H and O–H groups in total. The summed E-state index contributed by atoms with van der Waals surface area (Å²) >= 11 is 3.53. The molecular formula is C38H40BrN3O5. The van der Waals surface area contributed by atoms with Crippen LogP contribution in [0.5, 0.6) is 5.75 Å². The third kappa shape index (κ3) is 7.93. The summed E-state index contributed by atoms with van der Waals surface area (Å²) in [6.45, 7) is 0.480. The lowest BCUT2D eigenvalue weighted by Crippen LogP contribution is -2.56. The van der Waals surface area contributed by atoms with Gasteiger partial charge in [-0.05, 0) is 84.3 Å². The molecule has 4 aromatic carbocycles. The summed E-state index contributed by atoms with van der Waals surface area (Å²) in [4.78, 5) is 19.7. The van der Waals surface area contributed by atoms with Crippen LogP contribution in [0, 0.1) is 0 Å². The number of carbonyl (C=O) groups excluding carboxylic acids is 1. The minimum atomic E-state index is -1.34. The van der Waals surface area contributed by atoms with Gasteiger partial charge in [-0.2, -0.15) is 0 Å². The van der Waals surface area contributed by atoms with E-state index in [0.29, 0.717) is 43.9 Å². The summed E-state index contributed by atoms with van der Waals surface area (Å²) in [5.74, 6) is 0.759. The highest BCUT2D eigenvalue weighted by atomic mass is 79.9. The molecule has 0 saturated heterocycles. The number of carbonyl (C=O) groups is 1. The van der Waals surface area contributed by atoms with Crippen LogP contribution in [-0.4, -0.2) is 52.9 Å². The van der Waals surface area contributed by atoms with Gasteiger partial charge >= 0.3 is 0 Å². The first-order chi connectivity index (χ1) is 22.9. The van der Waals surface area contributed by atoms with Crippen molar-refractivity contribution in [3.8, 4) is 16.9 Å². The van der Waals surface area contributed by atoms with Crippen LogP contribution in [0.25, 0.3) is 11.1 Å². The van der Waals surface area contributed by atoms with E-state index in [-0.39, 0.29) is 24.7 Å². The first-order valence-corrected chi connectivity index (χ1v) is 17.0. The van der Waals surface area contributed by atoms with Crippen molar-refractivity contribution in [3.63, 3.8) is 0 Å². The molecule has 0 unspecified atom stereocenters. The van der Waals surface area contributed by atoms with E-state index in [1.54, 1.807) is 0 Å². The fourth-order valence-corrected chi connectivity index (χ4v) is 6.44. The molecule has 0 radical (unpaired) electrons. The van der Waals surface area contributed by atoms with E-state index in [0.717, 1.165) is 45.1 Å². The highest BCUT2D eigenvalue weighted by Crippen LogP contribution is 2.43. The molecule has 4 aromatic rings. The number of benzene rings is 4. The Balaban J connectivity index is 1.37. The summed E-state index contributed by atoms with van der Waals surface area (Å²) < 4.78 is 13.4. The number of aliphatic hydroxyl groups is 2. The van der Waals surface area contributed by atoms with E-state index >= 15 is 0 Å². The standard InChI is InChI=1S/C38H40BrN3O5/c39-31-15-7-26(8-16-31)25-38(37(45)42-41-32-17-19-33(44)20-18-32)35(29-11-9-28(10-12-29)27-5-2-1-3-6-27)47-36(40-38)30-13-21-34(22-14-30)46-24-4-23-43/h1-3,5-16,21-22,32-33,35,41,43-44H,4,17-20,23-25H2,(H,42,45)/t32?,33?,35-,38-/m0/s1. The second kappa shape index (κ2) is 15.3. The van der Waals surface area contributed by atoms with Crippen LogP contribution in [0.1, 0.15) is 54.9 Å². The molecule has 1 fully saturated rings. The highest BCUT2D eigenvalue weighted by molar-refractivity contribution is 9.10. The average molecular weight is 699 g/mol. The summed E-state index contributed by atoms with van der Waals surface area (Å²) in [5, 5.41) is 19.1. The fourth-order valence-electron chi connectivity index (χ4n) is 6.17. The smallest absolute Gasteiger partial charge is 0.266 e. The predicted octanol–water partition coefficient (Wildman–Crippen LogP) is 6.30. The Kier molecular flexibility index (Phi) is 10.7. The van der Waals surface area contributed by atoms with Gasteiger partial charge in [-0.1, -0.05) is 82.7 Å². The van der Waals surface area contributed by atoms with Gasteiger partial charge < -0.3 is 19.7 Å². The molecule has 1 aliphatic carbocycles. The largest absolute Gasteiger partial charge is 0.494 e. The van der Waals surface area contributed by atoms with Crippen LogP contribution < -0.4 is 15.6 Å². The quantitative estimate of drug-likeness (QED) is 0.102. The second-order valence-electron chi connectivity index (χ2n) is 12.2. The molecule has 0 spiro atoms. The molecule has 6 rings (SSSR count). The second-order valence-corrected chi connectivity index (χ2v) is 13.1. The van der Waals surface area contributed by atoms with Crippen molar-refractivity contribution < 1.29 is 24.5 Å². The molecule has 8 nitrogen and oxygen atoms in total. The van der Waals surface area contributed by atoms with Crippen molar-refractivity contribution in [2.45, 2.75) is 62.3 Å². The Morgan fingerprint density at radius 2 is 1.53 bits per heavy atom. The molecule has 47 heavy (non-hydrogen) atoms. The maximum Gasteiger partial charge on any atom is 0.266 e. The van der Waals surface area contributed by atoms with Crippen molar-refractivity contribution in [1.82, 2.24) is 10.9 Å². The number of aliphatic hydroxyl groups excluding tert-OH is 2. The van der Waals surface area contributed by atoms with E-state index < -0.39 is 11.6 Å². The minimum Gasteiger partial charge on any atom is -0.494 e. The minimum absolute atomic E-state index is 0.0554. The third-order valence-electron chi connectivity index (χ3n) is 8.82. The van der Waals surface area contributed by atoms with Crippen LogP contribution in [0.2, 0.25) is 0 Å². The van der Waals surface area contributed by atoms with Gasteiger partial charge in [0.25, 0.3) is 5.91 Å². The Hall–Kier alpha value is -4.02. The zero-order chi connectivity index (χ0) is 32.6. The van der Waals surface area contributed by atoms with E-state index in [9.17, 15) is 9.90 Å². The molecule has 2 aliphatic rings. The summed E-state index contributed by atoms with van der Waals surface area (Å²) in [7, 11) is 0. The number of ether oxygens (including phenoxy) is 2. The van der Waals surface area contributed by atoms with Crippen molar-refractivity contribution in [3.05, 3.63) is 124 Å². The van der Waals surface area contributed by atoms with Gasteiger partial charge in [0.1, 0.15) is 5.75 Å². The van der Waals surface area contributed by atoms with Crippen LogP contribution in [0.3, 0.4) is 0 Å². The molecule has 1 aliphatic heterocycles. The van der Waals surface area contributed by atoms with Crippen molar-refractivity contribution >= 4 is 27.7 Å². The number of nitrogens with one attached hydrogen (secondary N) is 2. The normalized spacial score (nSPS) is 22.3. The van der Waals surface area contributed by atoms with Gasteiger partial charge in [-0.15, -0.1) is 0 Å². The fraction of sp³-hybridized carbons (Fsp3) is 0.316. The highest BCUT2D eigenvalue weighted by Gasteiger charge is 2.53. The van der Waals surface area contributed by atoms with E-state index in [1.807, 2.05) is 78.9 Å². The van der Waals surface area contributed by atoms with Crippen LogP contribution >= 0.6 is 15.9 Å². The number of rotatable bonds is 12. The monoisotopic (exact) mass is 697 g/mol. The summed E-state index contributed by atoms with van der Waals surface area (Å²) in [6.07, 6.45) is 2.75. The third-order valence-corrected chi connectivity index (χ3v) is 9.35. The van der Waals surface area contributed by atoms with Gasteiger partial charge in [0.05, 0.1) is 12.7 Å². The van der Waals surface area contributed by atoms with Gasteiger partial charge in [0, 0.05) is 35.5 Å².